The number of benzene rings is 2. The van der Waals surface area contributed by atoms with Gasteiger partial charge in [0.05, 0.1) is 62.0 Å². The first kappa shape index (κ1) is 50.8. The minimum atomic E-state index is -1.07. The first-order valence-corrected chi connectivity index (χ1v) is 19.9. The number of aliphatic hydroxyl groups excluding tert-OH is 4. The standard InChI is InChI=1S/C21H24ClN5O3.C13H16N4O3.C8H10ClNO.H2S/c1-2-16(11-28)25-20-9-17(6-7-23-20)27-10-18(24-13-27)21(30)26-19(12-29)14-4-3-5-15(22)8-14;1-2-9(7-18)16-12-5-10(3-4-14-12)17-6-11(13(19)20)15-8-17;9-7-3-1-2-6(4-7)8(10)5-11;/h3-10,13,16,19,28-29H,2,11-12H2,1H3,(H,23,25)(H,26,30);3-6,8-9,18H,2,7H2,1H3,(H,14,16)(H,19,20);1-4,8,11H,5,10H2;1H2/t16-,19?;9-;;/m00../s1. The molecule has 17 nitrogen and oxygen atoms in total. The Bertz CT molecular complexity index is 2290. The van der Waals surface area contributed by atoms with Crippen LogP contribution in [0, 0.1) is 0 Å². The zero-order chi connectivity index (χ0) is 44.3. The Morgan fingerprint density at radius 2 is 1.16 bits per heavy atom. The predicted molar refractivity (Wildman–Crippen MR) is 244 cm³/mol. The number of amides is 1. The topological polar surface area (TPSA) is 259 Å². The third-order valence-electron chi connectivity index (χ3n) is 9.04. The van der Waals surface area contributed by atoms with E-state index in [1.165, 1.54) is 18.9 Å². The molecule has 4 heterocycles. The Morgan fingerprint density at radius 1 is 0.677 bits per heavy atom. The number of nitrogens with zero attached hydrogens (tertiary/aromatic N) is 6. The van der Waals surface area contributed by atoms with Crippen LogP contribution < -0.4 is 21.7 Å². The maximum Gasteiger partial charge on any atom is 0.356 e. The third kappa shape index (κ3) is 15.4. The van der Waals surface area contributed by atoms with Crippen molar-refractivity contribution in [3.05, 3.63) is 143 Å². The second kappa shape index (κ2) is 26.0. The van der Waals surface area contributed by atoms with E-state index in [1.54, 1.807) is 82.3 Å². The summed E-state index contributed by atoms with van der Waals surface area (Å²) in [7, 11) is 0. The molecule has 0 spiro atoms. The molecule has 2 aromatic carbocycles. The van der Waals surface area contributed by atoms with Crippen LogP contribution in [0.3, 0.4) is 0 Å². The Kier molecular flexibility index (Phi) is 21.3. The number of nitrogens with one attached hydrogen (secondary N) is 3. The van der Waals surface area contributed by atoms with Crippen LogP contribution in [0.5, 0.6) is 0 Å². The van der Waals surface area contributed by atoms with Gasteiger partial charge in [-0.1, -0.05) is 61.3 Å². The molecule has 4 aromatic heterocycles. The van der Waals surface area contributed by atoms with Gasteiger partial charge in [0.25, 0.3) is 5.91 Å². The van der Waals surface area contributed by atoms with Crippen LogP contribution >= 0.6 is 36.7 Å². The summed E-state index contributed by atoms with van der Waals surface area (Å²) in [4.78, 5) is 39.8. The Hall–Kier alpha value is -5.57. The van der Waals surface area contributed by atoms with E-state index in [-0.39, 0.29) is 69.4 Å². The van der Waals surface area contributed by atoms with Crippen LogP contribution in [0.4, 0.5) is 11.6 Å². The molecule has 0 fully saturated rings. The quantitative estimate of drug-likeness (QED) is 0.0573. The molecular weight excluding hydrogens is 859 g/mol. The number of carboxylic acid groups (broad SMARTS) is 1. The fraction of sp³-hybridized carbons (Fsp3) is 0.286. The third-order valence-corrected chi connectivity index (χ3v) is 9.51. The molecule has 0 aliphatic carbocycles. The van der Waals surface area contributed by atoms with E-state index < -0.39 is 17.9 Å². The summed E-state index contributed by atoms with van der Waals surface area (Å²) in [5, 5.41) is 56.0. The number of hydrogen-bond donors (Lipinski definition) is 9. The van der Waals surface area contributed by atoms with Gasteiger partial charge in [0.1, 0.15) is 30.0 Å². The molecule has 0 aliphatic heterocycles. The lowest BCUT2D eigenvalue weighted by Gasteiger charge is -2.16. The second-order valence-electron chi connectivity index (χ2n) is 13.4. The number of halogens is 2. The predicted octanol–water partition coefficient (Wildman–Crippen LogP) is 5.16. The first-order valence-electron chi connectivity index (χ1n) is 19.2. The molecule has 6 rings (SSSR count). The summed E-state index contributed by atoms with van der Waals surface area (Å²) in [5.74, 6) is -0.239. The van der Waals surface area contributed by atoms with Crippen LogP contribution in [0.15, 0.2) is 110 Å². The number of carbonyl (C=O) groups is 2. The molecular formula is C42H52Cl2N10O7S. The number of anilines is 2. The molecule has 4 atom stereocenters. The van der Waals surface area contributed by atoms with E-state index in [0.717, 1.165) is 29.8 Å². The number of nitrogens with two attached hydrogens (primary N) is 1. The van der Waals surface area contributed by atoms with Crippen LogP contribution in [-0.4, -0.2) is 105 Å². The minimum Gasteiger partial charge on any atom is -0.476 e. The maximum atomic E-state index is 12.6. The molecule has 10 N–H and O–H groups in total. The molecule has 2 unspecified atom stereocenters. The van der Waals surface area contributed by atoms with Crippen molar-refractivity contribution in [1.29, 1.82) is 0 Å². The highest BCUT2D eigenvalue weighted by Crippen LogP contribution is 2.20. The van der Waals surface area contributed by atoms with E-state index in [4.69, 9.17) is 44.3 Å². The summed E-state index contributed by atoms with van der Waals surface area (Å²) < 4.78 is 3.31. The Morgan fingerprint density at radius 3 is 1.60 bits per heavy atom. The van der Waals surface area contributed by atoms with Crippen molar-refractivity contribution in [3.8, 4) is 11.4 Å². The van der Waals surface area contributed by atoms with Crippen molar-refractivity contribution >= 4 is 60.2 Å². The number of imidazole rings is 2. The van der Waals surface area contributed by atoms with E-state index in [2.05, 4.69) is 35.9 Å². The number of carbonyl (C=O) groups excluding carboxylic acids is 1. The van der Waals surface area contributed by atoms with Crippen LogP contribution in [0.25, 0.3) is 11.4 Å². The highest BCUT2D eigenvalue weighted by Gasteiger charge is 2.18. The molecule has 0 saturated heterocycles. The van der Waals surface area contributed by atoms with Crippen molar-refractivity contribution < 1.29 is 35.1 Å². The maximum absolute atomic E-state index is 12.6. The van der Waals surface area contributed by atoms with Gasteiger partial charge < -0.3 is 56.4 Å². The first-order chi connectivity index (χ1) is 29.4. The molecule has 332 valence electrons. The summed E-state index contributed by atoms with van der Waals surface area (Å²) in [6.45, 7) is 3.65. The normalized spacial score (nSPS) is 12.5. The lowest BCUT2D eigenvalue weighted by molar-refractivity contribution is 0.0690. The van der Waals surface area contributed by atoms with Crippen molar-refractivity contribution in [3.63, 3.8) is 0 Å². The smallest absolute Gasteiger partial charge is 0.356 e. The number of carboxylic acids is 1. The van der Waals surface area contributed by atoms with Gasteiger partial charge in [-0.05, 0) is 60.4 Å². The van der Waals surface area contributed by atoms with Gasteiger partial charge in [-0.3, -0.25) is 4.79 Å². The Balaban J connectivity index is 0.000000275. The number of pyridine rings is 2. The van der Waals surface area contributed by atoms with Gasteiger partial charge >= 0.3 is 5.97 Å². The van der Waals surface area contributed by atoms with E-state index in [9.17, 15) is 19.8 Å². The van der Waals surface area contributed by atoms with Crippen molar-refractivity contribution in [1.82, 2.24) is 34.4 Å². The lowest BCUT2D eigenvalue weighted by atomic mass is 10.1. The zero-order valence-electron chi connectivity index (χ0n) is 34.0. The summed E-state index contributed by atoms with van der Waals surface area (Å²) in [6, 6.07) is 20.2. The number of aromatic nitrogens is 6. The molecule has 6 aromatic rings. The fourth-order valence-electron chi connectivity index (χ4n) is 5.48. The van der Waals surface area contributed by atoms with Gasteiger partial charge in [0.15, 0.2) is 5.69 Å². The Labute approximate surface area is 376 Å². The molecule has 20 heteroatoms. The SMILES string of the molecule is CC[C@@H](CO)Nc1cc(-n2cnc(C(=O)NC(CO)c3cccc(Cl)c3)c2)ccn1.CC[C@@H](CO)Nc1cc(-n2cnc(C(=O)O)c2)ccn1.NC(CO)c1cccc(Cl)c1.S. The van der Waals surface area contributed by atoms with Crippen molar-refractivity contribution in [2.24, 2.45) is 5.73 Å². The van der Waals surface area contributed by atoms with Crippen molar-refractivity contribution in [2.45, 2.75) is 50.9 Å². The van der Waals surface area contributed by atoms with Crippen LogP contribution in [-0.2, 0) is 0 Å². The zero-order valence-corrected chi connectivity index (χ0v) is 36.5. The van der Waals surface area contributed by atoms with E-state index in [1.807, 2.05) is 32.0 Å². The minimum absolute atomic E-state index is 0. The van der Waals surface area contributed by atoms with Crippen LogP contribution in [0.1, 0.15) is 70.9 Å². The lowest BCUT2D eigenvalue weighted by Crippen LogP contribution is -2.31. The van der Waals surface area contributed by atoms with Crippen LogP contribution in [0.2, 0.25) is 10.0 Å². The monoisotopic (exact) mass is 910 g/mol. The number of rotatable bonds is 17. The number of aromatic carboxylic acids is 1. The molecule has 0 bridgehead atoms. The average molecular weight is 912 g/mol. The second-order valence-corrected chi connectivity index (χ2v) is 14.3. The summed E-state index contributed by atoms with van der Waals surface area (Å²) in [6.07, 6.45) is 10.8. The summed E-state index contributed by atoms with van der Waals surface area (Å²) >= 11 is 11.7. The van der Waals surface area contributed by atoms with Gasteiger partial charge in [-0.15, -0.1) is 0 Å². The van der Waals surface area contributed by atoms with E-state index >= 15 is 0 Å². The molecule has 0 aliphatic rings. The molecule has 0 saturated carbocycles. The molecule has 0 radical (unpaired) electrons. The van der Waals surface area contributed by atoms with Gasteiger partial charge in [-0.2, -0.15) is 13.5 Å². The highest BCUT2D eigenvalue weighted by molar-refractivity contribution is 7.59. The molecule has 62 heavy (non-hydrogen) atoms. The van der Waals surface area contributed by atoms with E-state index in [0.29, 0.717) is 27.2 Å². The van der Waals surface area contributed by atoms with Gasteiger partial charge in [-0.25, -0.2) is 24.7 Å². The van der Waals surface area contributed by atoms with Crippen molar-refractivity contribution in [2.75, 3.05) is 37.1 Å². The number of aliphatic hydroxyl groups is 4. The summed E-state index contributed by atoms with van der Waals surface area (Å²) in [5.41, 5.74) is 8.83. The molecule has 1 amide bonds. The fourth-order valence-corrected chi connectivity index (χ4v) is 5.88. The average Bonchev–Trinajstić information content (AvgIpc) is 3.99. The van der Waals surface area contributed by atoms with Gasteiger partial charge in [0, 0.05) is 47.0 Å². The van der Waals surface area contributed by atoms with Gasteiger partial charge in [0.2, 0.25) is 0 Å². The highest BCUT2D eigenvalue weighted by atomic mass is 35.5. The number of hydrogen-bond acceptors (Lipinski definition) is 13. The largest absolute Gasteiger partial charge is 0.476 e.